The minimum absolute atomic E-state index is 0. The molecule has 9 heteroatoms. The largest absolute Gasteiger partial charge is 3.00 e. The topological polar surface area (TPSA) is 0 Å². The van der Waals surface area contributed by atoms with Crippen LogP contribution in [0.2, 0.25) is 0 Å². The van der Waals surface area contributed by atoms with Crippen LogP contribution in [0, 0.1) is 64.5 Å². The Hall–Kier alpha value is 8.64. The molecule has 2 atom stereocenters. The summed E-state index contributed by atoms with van der Waals surface area (Å²) < 4.78 is 0. The molecular formula is C21H28Y9-2. The third-order valence-electron chi connectivity index (χ3n) is 3.09. The molecule has 1 aliphatic carbocycles. The van der Waals surface area contributed by atoms with Crippen molar-refractivity contribution in [3.63, 3.8) is 0 Å². The molecule has 141 valence electrons. The van der Waals surface area contributed by atoms with Gasteiger partial charge in [0.1, 0.15) is 0 Å². The summed E-state index contributed by atoms with van der Waals surface area (Å²) in [5, 5.41) is 0. The van der Waals surface area contributed by atoms with Crippen LogP contribution in [0.3, 0.4) is 0 Å². The van der Waals surface area contributed by atoms with Crippen molar-refractivity contribution in [1.82, 2.24) is 0 Å². The zero-order chi connectivity index (χ0) is 16.3. The van der Waals surface area contributed by atoms with E-state index in [-0.39, 0.29) is 294 Å². The smallest absolute Gasteiger partial charge is 0.614 e. The molecule has 30 heavy (non-hydrogen) atoms. The van der Waals surface area contributed by atoms with Crippen molar-refractivity contribution < 1.29 is 294 Å². The Morgan fingerprint density at radius 3 is 1.53 bits per heavy atom. The molecule has 7 radical (unpaired) electrons. The normalized spacial score (nSPS) is 13.8. The second kappa shape index (κ2) is 66.1. The minimum atomic E-state index is 0. The molecule has 0 aliphatic heterocycles. The standard InChI is InChI=1S/C11H19.C6H5.C4H4.9Y/c1-3-4-5-8-11-9-6-7-10(11)2;1-3-5-6-4-2;1-3-4-2;;;;;;;;;/h5,10-11H,1-4,6-9H2;1-5H;1-4H;;;;;;;;;/q2*-3;-2;;;;;;;;2*+3. The van der Waals surface area contributed by atoms with Gasteiger partial charge >= 0.3 is 65.4 Å². The summed E-state index contributed by atoms with van der Waals surface area (Å²) in [6, 6.07) is 0. The van der Waals surface area contributed by atoms with E-state index in [9.17, 15) is 0 Å². The van der Waals surface area contributed by atoms with Crippen molar-refractivity contribution in [2.75, 3.05) is 0 Å². The Bertz CT molecular complexity index is 293. The molecule has 0 aromatic heterocycles. The SMILES string of the molecule is [CH-]=CC=[CH-].[CH-]=C[C-]=CC=[CH-].[CH2-]CC[CH-]CC1CCCC1[CH2-].[Y+3].[Y+3].[Y].[Y].[Y].[Y].[Y].[Y].[Y]. The molecule has 0 spiro atoms. The number of hydrogen-bond acceptors (Lipinski definition) is 0. The number of hydrogen-bond donors (Lipinski definition) is 0. The summed E-state index contributed by atoms with van der Waals surface area (Å²) in [4.78, 5) is 0. The van der Waals surface area contributed by atoms with Crippen LogP contribution in [0.4, 0.5) is 0 Å². The van der Waals surface area contributed by atoms with Gasteiger partial charge in [0.25, 0.3) is 0 Å². The Balaban J connectivity index is -0.0000000191. The number of unbranched alkanes of at least 4 members (excludes halogenated alkanes) is 2. The van der Waals surface area contributed by atoms with Crippen LogP contribution in [-0.2, 0) is 294 Å². The first kappa shape index (κ1) is 71.7. The monoisotopic (exact) mass is 1080 g/mol. The van der Waals surface area contributed by atoms with E-state index in [1.807, 2.05) is 0 Å². The van der Waals surface area contributed by atoms with Gasteiger partial charge in [-0.1, -0.05) is 25.2 Å². The molecule has 0 saturated heterocycles. The van der Waals surface area contributed by atoms with Gasteiger partial charge in [-0.25, -0.2) is 12.8 Å². The summed E-state index contributed by atoms with van der Waals surface area (Å²) in [6.07, 6.45) is 19.3. The molecule has 0 nitrogen and oxygen atoms in total. The van der Waals surface area contributed by atoms with E-state index in [1.54, 1.807) is 0 Å². The summed E-state index contributed by atoms with van der Waals surface area (Å²) >= 11 is 0. The molecule has 0 aromatic carbocycles. The average molecular weight is 1080 g/mol. The quantitative estimate of drug-likeness (QED) is 0.174. The fourth-order valence-corrected chi connectivity index (χ4v) is 2.01. The first-order valence-electron chi connectivity index (χ1n) is 7.36. The van der Waals surface area contributed by atoms with Gasteiger partial charge in [0, 0.05) is 229 Å². The van der Waals surface area contributed by atoms with Crippen LogP contribution >= 0.6 is 0 Å². The fourth-order valence-electron chi connectivity index (χ4n) is 2.01. The summed E-state index contributed by atoms with van der Waals surface area (Å²) in [6.45, 7) is 27.2. The van der Waals surface area contributed by atoms with Crippen molar-refractivity contribution in [1.29, 1.82) is 0 Å². The van der Waals surface area contributed by atoms with Crippen LogP contribution in [0.15, 0.2) is 30.4 Å². The van der Waals surface area contributed by atoms with E-state index in [0.717, 1.165) is 18.3 Å². The second-order valence-corrected chi connectivity index (χ2v) is 4.70. The van der Waals surface area contributed by atoms with Crippen molar-refractivity contribution in [2.24, 2.45) is 11.8 Å². The van der Waals surface area contributed by atoms with Gasteiger partial charge in [-0.2, -0.15) is 12.3 Å². The number of rotatable bonds is 7. The Morgan fingerprint density at radius 2 is 1.30 bits per heavy atom. The van der Waals surface area contributed by atoms with E-state index in [0.29, 0.717) is 0 Å². The zero-order valence-corrected chi connectivity index (χ0v) is 43.8. The van der Waals surface area contributed by atoms with E-state index in [4.69, 9.17) is 26.3 Å². The Morgan fingerprint density at radius 1 is 0.833 bits per heavy atom. The molecular weight excluding hydrogens is 1050 g/mol. The molecule has 0 bridgehead atoms. The van der Waals surface area contributed by atoms with Crippen LogP contribution < -0.4 is 0 Å². The number of allylic oxidation sites excluding steroid dienone is 6. The molecule has 1 fully saturated rings. The van der Waals surface area contributed by atoms with Crippen LogP contribution in [0.25, 0.3) is 0 Å². The van der Waals surface area contributed by atoms with E-state index < -0.39 is 0 Å². The second-order valence-electron chi connectivity index (χ2n) is 4.70. The molecule has 0 N–H and O–H groups in total. The van der Waals surface area contributed by atoms with Gasteiger partial charge in [0.2, 0.25) is 0 Å². The van der Waals surface area contributed by atoms with Gasteiger partial charge in [-0.05, 0) is 0 Å². The summed E-state index contributed by atoms with van der Waals surface area (Å²) in [5.41, 5.74) is 0. The van der Waals surface area contributed by atoms with Gasteiger partial charge in [-0.3, -0.25) is 12.7 Å². The molecule has 1 aliphatic rings. The third kappa shape index (κ3) is 60.9. The maximum absolute atomic E-state index is 4.90. The van der Waals surface area contributed by atoms with Crippen molar-refractivity contribution in [3.05, 3.63) is 83.0 Å². The van der Waals surface area contributed by atoms with Crippen molar-refractivity contribution in [2.45, 2.75) is 38.5 Å². The Kier molecular flexibility index (Phi) is 158. The van der Waals surface area contributed by atoms with Gasteiger partial charge in [0.15, 0.2) is 0 Å². The molecule has 1 saturated carbocycles. The maximum atomic E-state index is 4.90. The first-order chi connectivity index (χ1) is 10.2. The maximum Gasteiger partial charge on any atom is 3.00 e. The van der Waals surface area contributed by atoms with Crippen LogP contribution in [0.5, 0.6) is 0 Å². The van der Waals surface area contributed by atoms with E-state index in [1.165, 1.54) is 62.5 Å². The van der Waals surface area contributed by atoms with Crippen molar-refractivity contribution in [3.8, 4) is 0 Å². The molecule has 0 aromatic rings. The predicted molar refractivity (Wildman–Crippen MR) is 93.0 cm³/mol. The first-order valence-corrected chi connectivity index (χ1v) is 7.36. The summed E-state index contributed by atoms with van der Waals surface area (Å²) in [7, 11) is 0. The van der Waals surface area contributed by atoms with Crippen molar-refractivity contribution >= 4 is 0 Å². The minimum Gasteiger partial charge on any atom is -0.614 e. The molecule has 0 amide bonds. The summed E-state index contributed by atoms with van der Waals surface area (Å²) in [5.74, 6) is 1.62. The third-order valence-corrected chi connectivity index (χ3v) is 3.09. The van der Waals surface area contributed by atoms with E-state index >= 15 is 0 Å². The molecule has 0 heterocycles. The van der Waals surface area contributed by atoms with Crippen LogP contribution in [-0.4, -0.2) is 0 Å². The fraction of sp³-hybridized carbons (Fsp3) is 0.381. The predicted octanol–water partition coefficient (Wildman–Crippen LogP) is 5.71. The average Bonchev–Trinajstić information content (AvgIpc) is 2.92. The molecule has 2 unspecified atom stereocenters. The van der Waals surface area contributed by atoms with E-state index in [2.05, 4.69) is 26.3 Å². The van der Waals surface area contributed by atoms with Gasteiger partial charge in [-0.15, -0.1) is 0 Å². The van der Waals surface area contributed by atoms with Gasteiger partial charge in [0.05, 0.1) is 0 Å². The van der Waals surface area contributed by atoms with Gasteiger partial charge < -0.3 is 70.4 Å². The zero-order valence-electron chi connectivity index (χ0n) is 18.3. The Labute approximate surface area is 416 Å². The van der Waals surface area contributed by atoms with Crippen LogP contribution in [0.1, 0.15) is 38.5 Å². The molecule has 1 rings (SSSR count).